The Labute approximate surface area is 397 Å². The summed E-state index contributed by atoms with van der Waals surface area (Å²) in [6.45, 7) is 6.57. The Morgan fingerprint density at radius 2 is 0.641 bits per heavy atom. The maximum Gasteiger partial charge on any atom is 0.306 e. The SMILES string of the molecule is CCCCC/C=C/C=C/CCCCCCCCCCCCC(=O)OCC(COC(=O)CC/C=C/C/C=C/CCCCCCCC)OC(=O)CCCCCCCCCCCCCCCC. The van der Waals surface area contributed by atoms with E-state index in [4.69, 9.17) is 14.2 Å². The van der Waals surface area contributed by atoms with Crippen LogP contribution in [-0.2, 0) is 28.6 Å². The van der Waals surface area contributed by atoms with Crippen molar-refractivity contribution >= 4 is 17.9 Å². The largest absolute Gasteiger partial charge is 0.462 e. The van der Waals surface area contributed by atoms with Gasteiger partial charge in [0.2, 0.25) is 0 Å². The van der Waals surface area contributed by atoms with Crippen LogP contribution in [0.3, 0.4) is 0 Å². The van der Waals surface area contributed by atoms with Gasteiger partial charge in [0.05, 0.1) is 0 Å². The zero-order chi connectivity index (χ0) is 46.5. The van der Waals surface area contributed by atoms with Crippen molar-refractivity contribution in [2.75, 3.05) is 13.2 Å². The van der Waals surface area contributed by atoms with Gasteiger partial charge in [0.25, 0.3) is 0 Å². The first kappa shape index (κ1) is 61.4. The molecule has 0 bridgehead atoms. The third-order valence-corrected chi connectivity index (χ3v) is 12.1. The van der Waals surface area contributed by atoms with Crippen LogP contribution in [0, 0.1) is 0 Å². The first-order valence-electron chi connectivity index (χ1n) is 27.7. The minimum absolute atomic E-state index is 0.0893. The molecule has 0 aliphatic heterocycles. The normalized spacial score (nSPS) is 12.4. The van der Waals surface area contributed by atoms with Gasteiger partial charge in [0, 0.05) is 19.3 Å². The second-order valence-electron chi connectivity index (χ2n) is 18.5. The summed E-state index contributed by atoms with van der Waals surface area (Å²) < 4.78 is 16.8. The summed E-state index contributed by atoms with van der Waals surface area (Å²) in [6.07, 6.45) is 63.9. The molecule has 0 amide bonds. The van der Waals surface area contributed by atoms with Crippen molar-refractivity contribution in [1.82, 2.24) is 0 Å². The number of carbonyl (C=O) groups excluding carboxylic acids is 3. The highest BCUT2D eigenvalue weighted by Crippen LogP contribution is 2.16. The van der Waals surface area contributed by atoms with E-state index in [-0.39, 0.29) is 37.5 Å². The number of unbranched alkanes of at least 4 members (excludes halogenated alkanes) is 32. The van der Waals surface area contributed by atoms with Crippen molar-refractivity contribution in [1.29, 1.82) is 0 Å². The molecule has 0 radical (unpaired) electrons. The first-order chi connectivity index (χ1) is 31.5. The quantitative estimate of drug-likeness (QED) is 0.0199. The minimum Gasteiger partial charge on any atom is -0.462 e. The molecule has 0 rings (SSSR count). The highest BCUT2D eigenvalue weighted by atomic mass is 16.6. The summed E-state index contributed by atoms with van der Waals surface area (Å²) in [5.41, 5.74) is 0. The lowest BCUT2D eigenvalue weighted by Gasteiger charge is -2.18. The number of allylic oxidation sites excluding steroid dienone is 8. The topological polar surface area (TPSA) is 78.9 Å². The Kier molecular flexibility index (Phi) is 50.8. The highest BCUT2D eigenvalue weighted by molar-refractivity contribution is 5.71. The van der Waals surface area contributed by atoms with E-state index in [1.807, 2.05) is 6.08 Å². The molecule has 0 aromatic carbocycles. The Morgan fingerprint density at radius 3 is 1.08 bits per heavy atom. The van der Waals surface area contributed by atoms with E-state index in [1.165, 1.54) is 186 Å². The first-order valence-corrected chi connectivity index (χ1v) is 27.7. The predicted octanol–water partition coefficient (Wildman–Crippen LogP) is 18.3. The number of hydrogen-bond donors (Lipinski definition) is 0. The number of rotatable bonds is 50. The van der Waals surface area contributed by atoms with Crippen LogP contribution in [0.2, 0.25) is 0 Å². The van der Waals surface area contributed by atoms with Crippen LogP contribution in [0.1, 0.15) is 284 Å². The molecule has 6 heteroatoms. The lowest BCUT2D eigenvalue weighted by molar-refractivity contribution is -0.166. The molecule has 0 aromatic heterocycles. The van der Waals surface area contributed by atoms with Crippen LogP contribution in [0.5, 0.6) is 0 Å². The minimum atomic E-state index is -0.793. The van der Waals surface area contributed by atoms with Crippen molar-refractivity contribution in [2.24, 2.45) is 0 Å². The molecular formula is C58H104O6. The molecule has 0 aliphatic carbocycles. The van der Waals surface area contributed by atoms with E-state index in [0.717, 1.165) is 51.4 Å². The Hall–Kier alpha value is -2.63. The van der Waals surface area contributed by atoms with Crippen LogP contribution < -0.4 is 0 Å². The van der Waals surface area contributed by atoms with Gasteiger partial charge in [-0.15, -0.1) is 0 Å². The van der Waals surface area contributed by atoms with Crippen molar-refractivity contribution in [3.05, 3.63) is 48.6 Å². The van der Waals surface area contributed by atoms with E-state index >= 15 is 0 Å². The molecule has 1 unspecified atom stereocenters. The fraction of sp³-hybridized carbons (Fsp3) is 0.810. The number of hydrogen-bond acceptors (Lipinski definition) is 6. The third kappa shape index (κ3) is 50.4. The van der Waals surface area contributed by atoms with E-state index in [9.17, 15) is 14.4 Å². The average Bonchev–Trinajstić information content (AvgIpc) is 3.29. The van der Waals surface area contributed by atoms with Gasteiger partial charge in [-0.2, -0.15) is 0 Å². The molecule has 6 nitrogen and oxygen atoms in total. The second kappa shape index (κ2) is 53.0. The van der Waals surface area contributed by atoms with E-state index in [0.29, 0.717) is 19.3 Å². The van der Waals surface area contributed by atoms with Gasteiger partial charge < -0.3 is 14.2 Å². The summed E-state index contributed by atoms with van der Waals surface area (Å²) in [5.74, 6) is -0.951. The van der Waals surface area contributed by atoms with Crippen molar-refractivity contribution in [3.8, 4) is 0 Å². The molecule has 64 heavy (non-hydrogen) atoms. The summed E-state index contributed by atoms with van der Waals surface area (Å²) >= 11 is 0. The third-order valence-electron chi connectivity index (χ3n) is 12.1. The average molecular weight is 897 g/mol. The van der Waals surface area contributed by atoms with Crippen LogP contribution in [-0.4, -0.2) is 37.2 Å². The van der Waals surface area contributed by atoms with Crippen molar-refractivity contribution < 1.29 is 28.6 Å². The molecule has 0 saturated heterocycles. The van der Waals surface area contributed by atoms with Gasteiger partial charge in [-0.1, -0.05) is 249 Å². The maximum atomic E-state index is 12.8. The molecule has 0 aliphatic rings. The van der Waals surface area contributed by atoms with E-state index in [1.54, 1.807) is 0 Å². The maximum absolute atomic E-state index is 12.8. The zero-order valence-corrected chi connectivity index (χ0v) is 42.6. The number of esters is 3. The molecule has 0 spiro atoms. The molecule has 0 N–H and O–H groups in total. The Bertz CT molecular complexity index is 1120. The summed E-state index contributed by atoms with van der Waals surface area (Å²) in [5, 5.41) is 0. The monoisotopic (exact) mass is 897 g/mol. The Balaban J connectivity index is 4.38. The van der Waals surface area contributed by atoms with E-state index in [2.05, 4.69) is 63.3 Å². The second-order valence-corrected chi connectivity index (χ2v) is 18.5. The number of carbonyl (C=O) groups is 3. The van der Waals surface area contributed by atoms with Crippen LogP contribution >= 0.6 is 0 Å². The van der Waals surface area contributed by atoms with Gasteiger partial charge in [0.15, 0.2) is 6.10 Å². The smallest absolute Gasteiger partial charge is 0.306 e. The van der Waals surface area contributed by atoms with Gasteiger partial charge in [-0.05, 0) is 64.2 Å². The summed E-state index contributed by atoms with van der Waals surface area (Å²) in [4.78, 5) is 38.0. The molecule has 0 heterocycles. The van der Waals surface area contributed by atoms with Gasteiger partial charge >= 0.3 is 17.9 Å². The molecule has 0 fully saturated rings. The lowest BCUT2D eigenvalue weighted by atomic mass is 10.0. The fourth-order valence-electron chi connectivity index (χ4n) is 7.90. The molecule has 372 valence electrons. The molecule has 0 aromatic rings. The van der Waals surface area contributed by atoms with Crippen LogP contribution in [0.25, 0.3) is 0 Å². The van der Waals surface area contributed by atoms with Gasteiger partial charge in [-0.25, -0.2) is 0 Å². The summed E-state index contributed by atoms with van der Waals surface area (Å²) in [6, 6.07) is 0. The highest BCUT2D eigenvalue weighted by Gasteiger charge is 2.19. The number of ether oxygens (including phenoxy) is 3. The molecule has 1 atom stereocenters. The Morgan fingerprint density at radius 1 is 0.328 bits per heavy atom. The fourth-order valence-corrected chi connectivity index (χ4v) is 7.90. The van der Waals surface area contributed by atoms with Gasteiger partial charge in [-0.3, -0.25) is 14.4 Å². The predicted molar refractivity (Wildman–Crippen MR) is 275 cm³/mol. The van der Waals surface area contributed by atoms with E-state index < -0.39 is 6.10 Å². The van der Waals surface area contributed by atoms with Crippen LogP contribution in [0.15, 0.2) is 48.6 Å². The van der Waals surface area contributed by atoms with Crippen molar-refractivity contribution in [2.45, 2.75) is 290 Å². The zero-order valence-electron chi connectivity index (χ0n) is 42.6. The summed E-state index contributed by atoms with van der Waals surface area (Å²) in [7, 11) is 0. The molecular weight excluding hydrogens is 793 g/mol. The molecule has 0 saturated carbocycles. The van der Waals surface area contributed by atoms with Gasteiger partial charge in [0.1, 0.15) is 13.2 Å². The lowest BCUT2D eigenvalue weighted by Crippen LogP contribution is -2.30. The van der Waals surface area contributed by atoms with Crippen molar-refractivity contribution in [3.63, 3.8) is 0 Å². The van der Waals surface area contributed by atoms with Crippen LogP contribution in [0.4, 0.5) is 0 Å². The standard InChI is InChI=1S/C58H104O6/c1-4-7-10-13-16-19-22-25-27-28-29-30-31-34-36-39-42-45-48-51-57(60)63-54-55(53-62-56(59)50-47-44-41-38-35-32-24-21-18-15-12-9-6-3)64-58(61)52-49-46-43-40-37-33-26-23-20-17-14-11-8-5-2/h16,19,22,25,32,35,41,44,55H,4-15,17-18,20-21,23-24,26-31,33-34,36-40,42-43,45-54H2,1-3H3/b19-16+,25-22+,35-32+,44-41+.